The average Bonchev–Trinajstić information content (AvgIpc) is 2.60. The SMILES string of the molecule is CN(C)C(=O)C(=O)c1c(Cl)n(C)c2cc(F)ccc12. The molecule has 0 fully saturated rings. The number of halogens is 2. The van der Waals surface area contributed by atoms with Crippen molar-refractivity contribution in [3.8, 4) is 0 Å². The van der Waals surface area contributed by atoms with Gasteiger partial charge in [0.25, 0.3) is 11.7 Å². The number of amides is 1. The molecule has 2 aromatic rings. The van der Waals surface area contributed by atoms with Crippen molar-refractivity contribution in [3.05, 3.63) is 34.7 Å². The lowest BCUT2D eigenvalue weighted by Gasteiger charge is -2.08. The van der Waals surface area contributed by atoms with Gasteiger partial charge in [-0.1, -0.05) is 11.6 Å². The smallest absolute Gasteiger partial charge is 0.294 e. The number of hydrogen-bond donors (Lipinski definition) is 0. The molecule has 19 heavy (non-hydrogen) atoms. The van der Waals surface area contributed by atoms with Crippen LogP contribution in [0.4, 0.5) is 4.39 Å². The molecule has 0 spiro atoms. The molecule has 1 aromatic heterocycles. The van der Waals surface area contributed by atoms with E-state index in [9.17, 15) is 14.0 Å². The Morgan fingerprint density at radius 3 is 2.53 bits per heavy atom. The van der Waals surface area contributed by atoms with Crippen LogP contribution in [0, 0.1) is 5.82 Å². The summed E-state index contributed by atoms with van der Waals surface area (Å²) in [4.78, 5) is 25.1. The number of nitrogens with zero attached hydrogens (tertiary/aromatic N) is 2. The molecule has 0 unspecified atom stereocenters. The second kappa shape index (κ2) is 4.66. The van der Waals surface area contributed by atoms with Gasteiger partial charge in [0.1, 0.15) is 11.0 Å². The predicted molar refractivity (Wildman–Crippen MR) is 70.9 cm³/mol. The second-order valence-electron chi connectivity index (χ2n) is 4.42. The van der Waals surface area contributed by atoms with Crippen molar-refractivity contribution < 1.29 is 14.0 Å². The fraction of sp³-hybridized carbons (Fsp3) is 0.231. The zero-order chi connectivity index (χ0) is 14.3. The highest BCUT2D eigenvalue weighted by Gasteiger charge is 2.26. The number of rotatable bonds is 2. The van der Waals surface area contributed by atoms with Gasteiger partial charge in [-0.15, -0.1) is 0 Å². The number of benzene rings is 1. The molecule has 1 amide bonds. The Labute approximate surface area is 114 Å². The maximum absolute atomic E-state index is 13.2. The van der Waals surface area contributed by atoms with E-state index in [1.807, 2.05) is 0 Å². The zero-order valence-corrected chi connectivity index (χ0v) is 11.5. The number of hydrogen-bond acceptors (Lipinski definition) is 2. The number of aromatic nitrogens is 1. The number of ketones is 1. The first-order valence-corrected chi connectivity index (χ1v) is 5.91. The minimum atomic E-state index is -0.702. The standard InChI is InChI=1S/C13H12ClFN2O2/c1-16(2)13(19)11(18)10-8-5-4-7(15)6-9(8)17(3)12(10)14/h4-6H,1-3H3. The molecule has 1 heterocycles. The highest BCUT2D eigenvalue weighted by Crippen LogP contribution is 2.30. The van der Waals surface area contributed by atoms with Crippen LogP contribution < -0.4 is 0 Å². The van der Waals surface area contributed by atoms with Crippen molar-refractivity contribution in [1.29, 1.82) is 0 Å². The zero-order valence-electron chi connectivity index (χ0n) is 10.7. The molecule has 1 aromatic carbocycles. The minimum Gasteiger partial charge on any atom is -0.342 e. The summed E-state index contributed by atoms with van der Waals surface area (Å²) in [5.74, 6) is -1.80. The first-order valence-electron chi connectivity index (χ1n) is 5.54. The maximum atomic E-state index is 13.2. The second-order valence-corrected chi connectivity index (χ2v) is 4.77. The number of likely N-dealkylation sites (N-methyl/N-ethyl adjacent to an activating group) is 1. The van der Waals surface area contributed by atoms with E-state index < -0.39 is 17.5 Å². The molecule has 0 radical (unpaired) electrons. The van der Waals surface area contributed by atoms with Gasteiger partial charge in [0.15, 0.2) is 0 Å². The van der Waals surface area contributed by atoms with Crippen LogP contribution in [-0.4, -0.2) is 35.3 Å². The Hall–Kier alpha value is -1.88. The molecule has 0 saturated heterocycles. The largest absolute Gasteiger partial charge is 0.342 e. The van der Waals surface area contributed by atoms with Gasteiger partial charge in [-0.2, -0.15) is 0 Å². The van der Waals surface area contributed by atoms with Crippen LogP contribution in [0.25, 0.3) is 10.9 Å². The van der Waals surface area contributed by atoms with Gasteiger partial charge in [-0.25, -0.2) is 4.39 Å². The molecule has 0 N–H and O–H groups in total. The highest BCUT2D eigenvalue weighted by molar-refractivity contribution is 6.49. The van der Waals surface area contributed by atoms with Gasteiger partial charge in [0.05, 0.1) is 11.1 Å². The molecular formula is C13H12ClFN2O2. The van der Waals surface area contributed by atoms with Gasteiger partial charge in [0.2, 0.25) is 0 Å². The molecule has 100 valence electrons. The molecule has 4 nitrogen and oxygen atoms in total. The average molecular weight is 283 g/mol. The first kappa shape index (κ1) is 13.5. The number of carbonyl (C=O) groups is 2. The van der Waals surface area contributed by atoms with Gasteiger partial charge >= 0.3 is 0 Å². The molecule has 2 rings (SSSR count). The summed E-state index contributed by atoms with van der Waals surface area (Å²) < 4.78 is 14.7. The van der Waals surface area contributed by atoms with Crippen LogP contribution in [0.1, 0.15) is 10.4 Å². The molecule has 6 heteroatoms. The Kier molecular flexibility index (Phi) is 3.32. The molecule has 0 bridgehead atoms. The lowest BCUT2D eigenvalue weighted by molar-refractivity contribution is -0.124. The number of carbonyl (C=O) groups excluding carboxylic acids is 2. The van der Waals surface area contributed by atoms with Gasteiger partial charge in [0, 0.05) is 26.5 Å². The van der Waals surface area contributed by atoms with Crippen molar-refractivity contribution in [2.75, 3.05) is 14.1 Å². The molecule has 0 aliphatic heterocycles. The van der Waals surface area contributed by atoms with E-state index in [1.165, 1.54) is 41.8 Å². The lowest BCUT2D eigenvalue weighted by atomic mass is 10.1. The summed E-state index contributed by atoms with van der Waals surface area (Å²) in [6, 6.07) is 3.96. The summed E-state index contributed by atoms with van der Waals surface area (Å²) in [5.41, 5.74) is 0.581. The Bertz CT molecular complexity index is 691. The molecular weight excluding hydrogens is 271 g/mol. The van der Waals surface area contributed by atoms with Gasteiger partial charge in [-0.3, -0.25) is 9.59 Å². The van der Waals surface area contributed by atoms with Crippen LogP contribution in [-0.2, 0) is 11.8 Å². The van der Waals surface area contributed by atoms with E-state index in [1.54, 1.807) is 7.05 Å². The molecule has 0 aliphatic rings. The number of fused-ring (bicyclic) bond motifs is 1. The summed E-state index contributed by atoms with van der Waals surface area (Å²) >= 11 is 6.08. The Morgan fingerprint density at radius 2 is 1.95 bits per heavy atom. The fourth-order valence-corrected chi connectivity index (χ4v) is 2.18. The van der Waals surface area contributed by atoms with Crippen LogP contribution in [0.2, 0.25) is 5.15 Å². The topological polar surface area (TPSA) is 42.3 Å². The first-order chi connectivity index (χ1) is 8.84. The van der Waals surface area contributed by atoms with E-state index in [0.717, 1.165) is 0 Å². The van der Waals surface area contributed by atoms with E-state index in [4.69, 9.17) is 11.6 Å². The van der Waals surface area contributed by atoms with Crippen molar-refractivity contribution in [2.24, 2.45) is 7.05 Å². The lowest BCUT2D eigenvalue weighted by Crippen LogP contribution is -2.30. The normalized spacial score (nSPS) is 10.8. The predicted octanol–water partition coefficient (Wildman–Crippen LogP) is 2.24. The van der Waals surface area contributed by atoms with Gasteiger partial charge in [-0.05, 0) is 18.2 Å². The van der Waals surface area contributed by atoms with Gasteiger partial charge < -0.3 is 9.47 Å². The summed E-state index contributed by atoms with van der Waals surface area (Å²) in [5, 5.41) is 0.593. The minimum absolute atomic E-state index is 0.109. The quantitative estimate of drug-likeness (QED) is 0.626. The van der Waals surface area contributed by atoms with Crippen molar-refractivity contribution in [3.63, 3.8) is 0 Å². The maximum Gasteiger partial charge on any atom is 0.294 e. The fourth-order valence-electron chi connectivity index (χ4n) is 1.90. The van der Waals surface area contributed by atoms with Crippen LogP contribution in [0.3, 0.4) is 0 Å². The van der Waals surface area contributed by atoms with Crippen molar-refractivity contribution >= 4 is 34.2 Å². The number of Topliss-reactive ketones (excluding diaryl/α,β-unsaturated/α-hetero) is 1. The highest BCUT2D eigenvalue weighted by atomic mass is 35.5. The van der Waals surface area contributed by atoms with E-state index >= 15 is 0 Å². The Balaban J connectivity index is 2.71. The number of aryl methyl sites for hydroxylation is 1. The third-order valence-electron chi connectivity index (χ3n) is 2.92. The van der Waals surface area contributed by atoms with Crippen LogP contribution in [0.5, 0.6) is 0 Å². The Morgan fingerprint density at radius 1 is 1.32 bits per heavy atom. The third-order valence-corrected chi connectivity index (χ3v) is 3.36. The summed E-state index contributed by atoms with van der Waals surface area (Å²) in [6.45, 7) is 0. The molecule has 0 saturated carbocycles. The van der Waals surface area contributed by atoms with Crippen molar-refractivity contribution in [1.82, 2.24) is 9.47 Å². The summed E-state index contributed by atoms with van der Waals surface area (Å²) in [7, 11) is 4.58. The van der Waals surface area contributed by atoms with Crippen LogP contribution in [0.15, 0.2) is 18.2 Å². The van der Waals surface area contributed by atoms with E-state index in [0.29, 0.717) is 10.9 Å². The monoisotopic (exact) mass is 282 g/mol. The third kappa shape index (κ3) is 2.10. The van der Waals surface area contributed by atoms with Crippen molar-refractivity contribution in [2.45, 2.75) is 0 Å². The van der Waals surface area contributed by atoms with E-state index in [-0.39, 0.29) is 10.7 Å². The van der Waals surface area contributed by atoms with E-state index in [2.05, 4.69) is 0 Å². The molecule has 0 aliphatic carbocycles. The van der Waals surface area contributed by atoms with Crippen LogP contribution >= 0.6 is 11.6 Å². The summed E-state index contributed by atoms with van der Waals surface area (Å²) in [6.07, 6.45) is 0. The molecule has 0 atom stereocenters.